The summed E-state index contributed by atoms with van der Waals surface area (Å²) in [4.78, 5) is 26.9. The van der Waals surface area contributed by atoms with Gasteiger partial charge in [0.15, 0.2) is 5.92 Å². The summed E-state index contributed by atoms with van der Waals surface area (Å²) >= 11 is 0. The van der Waals surface area contributed by atoms with Gasteiger partial charge in [0.2, 0.25) is 0 Å². The zero-order valence-electron chi connectivity index (χ0n) is 11.6. The van der Waals surface area contributed by atoms with E-state index in [9.17, 15) is 18.4 Å². The summed E-state index contributed by atoms with van der Waals surface area (Å²) in [6.45, 7) is 3.28. The molecule has 0 fully saturated rings. The van der Waals surface area contributed by atoms with Crippen molar-refractivity contribution in [2.24, 2.45) is 10.9 Å². The number of rotatable bonds is 6. The Morgan fingerprint density at radius 3 is 2.29 bits per heavy atom. The van der Waals surface area contributed by atoms with E-state index in [0.29, 0.717) is 0 Å². The van der Waals surface area contributed by atoms with Crippen LogP contribution < -0.4 is 0 Å². The van der Waals surface area contributed by atoms with Crippen LogP contribution in [-0.2, 0) is 19.1 Å². The Balaban J connectivity index is 2.99. The lowest BCUT2D eigenvalue weighted by atomic mass is 10.1. The van der Waals surface area contributed by atoms with Crippen LogP contribution in [0.2, 0.25) is 0 Å². The Hall–Kier alpha value is -2.31. The van der Waals surface area contributed by atoms with Gasteiger partial charge in [-0.2, -0.15) is 0 Å². The molecule has 0 aromatic heterocycles. The van der Waals surface area contributed by atoms with Gasteiger partial charge in [-0.05, 0) is 26.0 Å². The first-order chi connectivity index (χ1) is 9.99. The van der Waals surface area contributed by atoms with Gasteiger partial charge < -0.3 is 9.47 Å². The van der Waals surface area contributed by atoms with Crippen molar-refractivity contribution in [3.63, 3.8) is 0 Å². The first-order valence-electron chi connectivity index (χ1n) is 6.32. The minimum Gasteiger partial charge on any atom is -0.465 e. The monoisotopic (exact) mass is 299 g/mol. The van der Waals surface area contributed by atoms with Crippen LogP contribution in [0.3, 0.4) is 0 Å². The molecule has 0 aliphatic heterocycles. The molecule has 114 valence electrons. The van der Waals surface area contributed by atoms with Crippen molar-refractivity contribution < 1.29 is 27.8 Å². The Morgan fingerprint density at radius 2 is 1.76 bits per heavy atom. The molecule has 0 unspecified atom stereocenters. The van der Waals surface area contributed by atoms with Crippen LogP contribution in [0.5, 0.6) is 0 Å². The molecule has 0 amide bonds. The standard InChI is InChI=1S/C14H15F2NO4/c1-3-20-13(18)10(14(19)21-4-2)8-17-12-7-9(15)5-6-11(12)16/h5-8,10H,3-4H2,1-2H3/b17-8+. The summed E-state index contributed by atoms with van der Waals surface area (Å²) in [7, 11) is 0. The average molecular weight is 299 g/mol. The Labute approximate surface area is 120 Å². The first-order valence-corrected chi connectivity index (χ1v) is 6.32. The Bertz CT molecular complexity index is 528. The number of halogens is 2. The van der Waals surface area contributed by atoms with Gasteiger partial charge in [0.1, 0.15) is 17.3 Å². The molecule has 0 heterocycles. The van der Waals surface area contributed by atoms with E-state index in [1.54, 1.807) is 13.8 Å². The van der Waals surface area contributed by atoms with Crippen LogP contribution in [0, 0.1) is 17.6 Å². The highest BCUT2D eigenvalue weighted by Gasteiger charge is 2.27. The SMILES string of the molecule is CCOC(=O)C(/C=N/c1cc(F)ccc1F)C(=O)OCC. The van der Waals surface area contributed by atoms with Gasteiger partial charge in [-0.25, -0.2) is 8.78 Å². The molecule has 1 rings (SSSR count). The maximum absolute atomic E-state index is 13.4. The third-order valence-corrected chi connectivity index (χ3v) is 2.35. The van der Waals surface area contributed by atoms with Crippen molar-refractivity contribution in [1.29, 1.82) is 0 Å². The van der Waals surface area contributed by atoms with E-state index in [1.807, 2.05) is 0 Å². The predicted molar refractivity (Wildman–Crippen MR) is 71.3 cm³/mol. The average Bonchev–Trinajstić information content (AvgIpc) is 2.43. The van der Waals surface area contributed by atoms with Gasteiger partial charge in [0, 0.05) is 12.3 Å². The molecule has 0 atom stereocenters. The molecule has 0 N–H and O–H groups in total. The van der Waals surface area contributed by atoms with Crippen LogP contribution in [0.4, 0.5) is 14.5 Å². The van der Waals surface area contributed by atoms with Gasteiger partial charge >= 0.3 is 11.9 Å². The lowest BCUT2D eigenvalue weighted by Gasteiger charge is -2.10. The zero-order valence-corrected chi connectivity index (χ0v) is 11.6. The van der Waals surface area contributed by atoms with Crippen molar-refractivity contribution in [3.05, 3.63) is 29.8 Å². The summed E-state index contributed by atoms with van der Waals surface area (Å²) in [6, 6.07) is 2.67. The lowest BCUT2D eigenvalue weighted by Crippen LogP contribution is -2.29. The van der Waals surface area contributed by atoms with E-state index in [0.717, 1.165) is 24.4 Å². The molecule has 0 saturated carbocycles. The molecular formula is C14H15F2NO4. The molecule has 0 radical (unpaired) electrons. The van der Waals surface area contributed by atoms with Crippen molar-refractivity contribution in [2.45, 2.75) is 13.8 Å². The summed E-state index contributed by atoms with van der Waals surface area (Å²) in [5.41, 5.74) is -0.325. The van der Waals surface area contributed by atoms with Crippen LogP contribution in [0.1, 0.15) is 13.8 Å². The maximum atomic E-state index is 13.4. The number of esters is 2. The number of hydrogen-bond donors (Lipinski definition) is 0. The Kier molecular flexibility index (Phi) is 6.45. The minimum absolute atomic E-state index is 0.0664. The fourth-order valence-electron chi connectivity index (χ4n) is 1.42. The zero-order chi connectivity index (χ0) is 15.8. The second-order valence-electron chi connectivity index (χ2n) is 3.86. The van der Waals surface area contributed by atoms with Crippen LogP contribution in [0.25, 0.3) is 0 Å². The topological polar surface area (TPSA) is 65.0 Å². The summed E-state index contributed by atoms with van der Waals surface area (Å²) in [5, 5.41) is 0. The molecule has 1 aromatic carbocycles. The van der Waals surface area contributed by atoms with E-state index in [4.69, 9.17) is 9.47 Å². The van der Waals surface area contributed by atoms with E-state index < -0.39 is 29.5 Å². The van der Waals surface area contributed by atoms with Gasteiger partial charge in [0.25, 0.3) is 0 Å². The summed E-state index contributed by atoms with van der Waals surface area (Å²) < 4.78 is 35.8. The van der Waals surface area contributed by atoms with Gasteiger partial charge in [0.05, 0.1) is 13.2 Å². The van der Waals surface area contributed by atoms with Crippen LogP contribution >= 0.6 is 0 Å². The number of hydrogen-bond acceptors (Lipinski definition) is 5. The van der Waals surface area contributed by atoms with E-state index in [2.05, 4.69) is 4.99 Å². The van der Waals surface area contributed by atoms with Crippen LogP contribution in [0.15, 0.2) is 23.2 Å². The second kappa shape index (κ2) is 8.08. The quantitative estimate of drug-likeness (QED) is 0.459. The van der Waals surface area contributed by atoms with Crippen molar-refractivity contribution >= 4 is 23.8 Å². The summed E-state index contributed by atoms with van der Waals surface area (Å²) in [6.07, 6.45) is 0.883. The highest BCUT2D eigenvalue weighted by Crippen LogP contribution is 2.19. The Morgan fingerprint density at radius 1 is 1.19 bits per heavy atom. The number of carbonyl (C=O) groups excluding carboxylic acids is 2. The lowest BCUT2D eigenvalue weighted by molar-refractivity contribution is -0.157. The van der Waals surface area contributed by atoms with Gasteiger partial charge in [-0.1, -0.05) is 0 Å². The number of carbonyl (C=O) groups is 2. The van der Waals surface area contributed by atoms with E-state index in [-0.39, 0.29) is 18.9 Å². The number of benzene rings is 1. The van der Waals surface area contributed by atoms with Gasteiger partial charge in [-0.3, -0.25) is 14.6 Å². The molecule has 1 aromatic rings. The van der Waals surface area contributed by atoms with Gasteiger partial charge in [-0.15, -0.1) is 0 Å². The third kappa shape index (κ3) is 4.94. The first kappa shape index (κ1) is 16.7. The fraction of sp³-hybridized carbons (Fsp3) is 0.357. The highest BCUT2D eigenvalue weighted by atomic mass is 19.1. The minimum atomic E-state index is -1.42. The van der Waals surface area contributed by atoms with Crippen LogP contribution in [-0.4, -0.2) is 31.4 Å². The number of nitrogens with zero attached hydrogens (tertiary/aromatic N) is 1. The second-order valence-corrected chi connectivity index (χ2v) is 3.86. The summed E-state index contributed by atoms with van der Waals surface area (Å²) in [5.74, 6) is -4.62. The molecule has 0 aliphatic carbocycles. The fourth-order valence-corrected chi connectivity index (χ4v) is 1.42. The molecule has 0 saturated heterocycles. The van der Waals surface area contributed by atoms with E-state index >= 15 is 0 Å². The number of ether oxygens (including phenoxy) is 2. The van der Waals surface area contributed by atoms with Crippen molar-refractivity contribution in [2.75, 3.05) is 13.2 Å². The number of aliphatic imine (C=N–C) groups is 1. The third-order valence-electron chi connectivity index (χ3n) is 2.35. The molecule has 0 aliphatic rings. The van der Waals surface area contributed by atoms with Crippen molar-refractivity contribution in [1.82, 2.24) is 0 Å². The molecule has 21 heavy (non-hydrogen) atoms. The predicted octanol–water partition coefficient (Wildman–Crippen LogP) is 2.41. The molecule has 5 nitrogen and oxygen atoms in total. The smallest absolute Gasteiger partial charge is 0.325 e. The molecule has 0 spiro atoms. The van der Waals surface area contributed by atoms with E-state index in [1.165, 1.54) is 0 Å². The highest BCUT2D eigenvalue weighted by molar-refractivity contribution is 6.09. The molecular weight excluding hydrogens is 284 g/mol. The molecule has 7 heteroatoms. The normalized spacial score (nSPS) is 10.9. The van der Waals surface area contributed by atoms with Crippen molar-refractivity contribution in [3.8, 4) is 0 Å². The maximum Gasteiger partial charge on any atom is 0.325 e. The largest absolute Gasteiger partial charge is 0.465 e. The molecule has 0 bridgehead atoms.